The Morgan fingerprint density at radius 2 is 1.43 bits per heavy atom. The van der Waals surface area contributed by atoms with E-state index in [4.69, 9.17) is 20.3 Å². The Balaban J connectivity index is 3.50. The molecule has 0 N–H and O–H groups in total. The van der Waals surface area contributed by atoms with E-state index in [2.05, 4.69) is 9.47 Å². The van der Waals surface area contributed by atoms with Crippen LogP contribution in [0.15, 0.2) is 0 Å². The third-order valence-corrected chi connectivity index (χ3v) is 2.27. The van der Waals surface area contributed by atoms with Crippen molar-refractivity contribution >= 4 is 30.9 Å². The molecule has 0 aliphatic rings. The maximum Gasteiger partial charge on any atom is 0.332 e. The van der Waals surface area contributed by atoms with Gasteiger partial charge in [0.15, 0.2) is 13.2 Å². The Kier molecular flexibility index (Phi) is 7.70. The number of halogens is 1. The van der Waals surface area contributed by atoms with Crippen molar-refractivity contribution in [2.45, 2.75) is 0 Å². The van der Waals surface area contributed by atoms with Gasteiger partial charge < -0.3 is 18.5 Å². The predicted molar refractivity (Wildman–Crippen MR) is 48.7 cm³/mol. The van der Waals surface area contributed by atoms with Crippen molar-refractivity contribution in [1.82, 2.24) is 0 Å². The van der Waals surface area contributed by atoms with Crippen LogP contribution in [0.3, 0.4) is 0 Å². The monoisotopic (exact) mass is 244 g/mol. The third-order valence-electron chi connectivity index (χ3n) is 1.02. The van der Waals surface area contributed by atoms with Crippen molar-refractivity contribution in [2.24, 2.45) is 0 Å². The molecule has 0 rings (SSSR count). The van der Waals surface area contributed by atoms with Gasteiger partial charge in [-0.1, -0.05) is 0 Å². The SMILES string of the molecule is COC(=O)COP(Cl)OCC(=O)OC. The van der Waals surface area contributed by atoms with Crippen molar-refractivity contribution in [1.29, 1.82) is 0 Å². The molecule has 0 atom stereocenters. The second-order valence-electron chi connectivity index (χ2n) is 1.91. The molecular formula is C6H10ClO6P. The zero-order chi connectivity index (χ0) is 11.0. The number of hydrogen-bond acceptors (Lipinski definition) is 6. The number of methoxy groups -OCH3 is 2. The Labute approximate surface area is 87.1 Å². The molecule has 0 aliphatic heterocycles. The second-order valence-corrected chi connectivity index (χ2v) is 3.68. The first-order chi connectivity index (χ1) is 6.60. The molecule has 0 saturated heterocycles. The average molecular weight is 245 g/mol. The van der Waals surface area contributed by atoms with E-state index in [0.29, 0.717) is 0 Å². The van der Waals surface area contributed by atoms with Crippen LogP contribution in [0.2, 0.25) is 0 Å². The van der Waals surface area contributed by atoms with Gasteiger partial charge in [-0.2, -0.15) is 0 Å². The van der Waals surface area contributed by atoms with Gasteiger partial charge in [0.25, 0.3) is 7.73 Å². The first-order valence-electron chi connectivity index (χ1n) is 3.45. The van der Waals surface area contributed by atoms with E-state index >= 15 is 0 Å². The molecule has 0 bridgehead atoms. The summed E-state index contributed by atoms with van der Waals surface area (Å²) in [4.78, 5) is 21.1. The van der Waals surface area contributed by atoms with Crippen LogP contribution < -0.4 is 0 Å². The summed E-state index contributed by atoms with van der Waals surface area (Å²) in [5.74, 6) is -1.14. The Hall–Kier alpha value is -0.420. The average Bonchev–Trinajstić information content (AvgIpc) is 2.22. The Morgan fingerprint density at radius 3 is 1.71 bits per heavy atom. The number of carbonyl (C=O) groups excluding carboxylic acids is 2. The highest BCUT2D eigenvalue weighted by Crippen LogP contribution is 2.43. The maximum absolute atomic E-state index is 10.6. The van der Waals surface area contributed by atoms with E-state index in [1.807, 2.05) is 0 Å². The van der Waals surface area contributed by atoms with Crippen LogP contribution in [0.1, 0.15) is 0 Å². The molecule has 0 amide bonds. The minimum Gasteiger partial charge on any atom is -0.467 e. The van der Waals surface area contributed by atoms with Gasteiger partial charge in [-0.25, -0.2) is 9.59 Å². The third kappa shape index (κ3) is 7.03. The molecule has 0 aliphatic carbocycles. The Morgan fingerprint density at radius 1 is 1.07 bits per heavy atom. The molecule has 8 heteroatoms. The van der Waals surface area contributed by atoms with Crippen molar-refractivity contribution < 1.29 is 28.1 Å². The van der Waals surface area contributed by atoms with Crippen molar-refractivity contribution in [3.8, 4) is 0 Å². The van der Waals surface area contributed by atoms with Gasteiger partial charge in [0.2, 0.25) is 0 Å². The molecular weight excluding hydrogens is 234 g/mol. The molecule has 0 aromatic heterocycles. The lowest BCUT2D eigenvalue weighted by Gasteiger charge is -2.08. The van der Waals surface area contributed by atoms with Gasteiger partial charge >= 0.3 is 11.9 Å². The molecule has 0 aromatic carbocycles. The number of esters is 2. The molecule has 14 heavy (non-hydrogen) atoms. The smallest absolute Gasteiger partial charge is 0.332 e. The topological polar surface area (TPSA) is 71.1 Å². The Bertz CT molecular complexity index is 179. The minimum atomic E-state index is -1.79. The van der Waals surface area contributed by atoms with E-state index in [0.717, 1.165) is 0 Å². The molecule has 0 heterocycles. The summed E-state index contributed by atoms with van der Waals surface area (Å²) >= 11 is 5.49. The number of carbonyl (C=O) groups is 2. The molecule has 0 spiro atoms. The molecule has 82 valence electrons. The van der Waals surface area contributed by atoms with Crippen LogP contribution in [0, 0.1) is 0 Å². The van der Waals surface area contributed by atoms with Gasteiger partial charge in [-0.3, -0.25) is 0 Å². The highest BCUT2D eigenvalue weighted by Gasteiger charge is 2.12. The van der Waals surface area contributed by atoms with E-state index in [-0.39, 0.29) is 13.2 Å². The van der Waals surface area contributed by atoms with Crippen LogP contribution in [0.5, 0.6) is 0 Å². The van der Waals surface area contributed by atoms with Crippen molar-refractivity contribution in [3.05, 3.63) is 0 Å². The summed E-state index contributed by atoms with van der Waals surface area (Å²) in [6.07, 6.45) is 0. The molecule has 0 radical (unpaired) electrons. The van der Waals surface area contributed by atoms with Crippen LogP contribution in [0.25, 0.3) is 0 Å². The first kappa shape index (κ1) is 13.6. The molecule has 6 nitrogen and oxygen atoms in total. The number of rotatable bonds is 6. The van der Waals surface area contributed by atoms with Crippen LogP contribution in [-0.4, -0.2) is 39.4 Å². The van der Waals surface area contributed by atoms with E-state index in [1.54, 1.807) is 0 Å². The van der Waals surface area contributed by atoms with Gasteiger partial charge in [-0.15, -0.1) is 0 Å². The summed E-state index contributed by atoms with van der Waals surface area (Å²) in [6, 6.07) is 0. The minimum absolute atomic E-state index is 0.313. The molecule has 0 aromatic rings. The van der Waals surface area contributed by atoms with Crippen molar-refractivity contribution in [2.75, 3.05) is 27.4 Å². The van der Waals surface area contributed by atoms with Crippen LogP contribution >= 0.6 is 19.0 Å². The van der Waals surface area contributed by atoms with Gasteiger partial charge in [-0.05, 0) is 11.2 Å². The lowest BCUT2D eigenvalue weighted by molar-refractivity contribution is -0.143. The molecule has 0 unspecified atom stereocenters. The molecule has 0 saturated carbocycles. The van der Waals surface area contributed by atoms with Gasteiger partial charge in [0.1, 0.15) is 0 Å². The fourth-order valence-electron chi connectivity index (χ4n) is 0.362. The normalized spacial score (nSPS) is 10.0. The van der Waals surface area contributed by atoms with Gasteiger partial charge in [0, 0.05) is 0 Å². The first-order valence-corrected chi connectivity index (χ1v) is 5.53. The summed E-state index contributed by atoms with van der Waals surface area (Å²) < 4.78 is 18.0. The largest absolute Gasteiger partial charge is 0.467 e. The summed E-state index contributed by atoms with van der Waals surface area (Å²) in [5, 5.41) is 0. The zero-order valence-electron chi connectivity index (χ0n) is 7.69. The number of ether oxygens (including phenoxy) is 2. The van der Waals surface area contributed by atoms with E-state index in [1.165, 1.54) is 14.2 Å². The highest BCUT2D eigenvalue weighted by atomic mass is 35.7. The lowest BCUT2D eigenvalue weighted by Crippen LogP contribution is -2.10. The second kappa shape index (κ2) is 7.94. The maximum atomic E-state index is 10.6. The lowest BCUT2D eigenvalue weighted by atomic mass is 10.8. The van der Waals surface area contributed by atoms with Gasteiger partial charge in [0.05, 0.1) is 14.2 Å². The summed E-state index contributed by atoms with van der Waals surface area (Å²) in [5.41, 5.74) is 0. The standard InChI is InChI=1S/C6H10ClO6P/c1-10-5(8)3-12-14(7)13-4-6(9)11-2/h3-4H2,1-2H3. The molecule has 0 fully saturated rings. The van der Waals surface area contributed by atoms with Crippen LogP contribution in [-0.2, 0) is 28.1 Å². The van der Waals surface area contributed by atoms with Crippen LogP contribution in [0.4, 0.5) is 0 Å². The summed E-state index contributed by atoms with van der Waals surface area (Å²) in [7, 11) is 0.653. The number of hydrogen-bond donors (Lipinski definition) is 0. The predicted octanol–water partition coefficient (Wildman–Crippen LogP) is 0.831. The van der Waals surface area contributed by atoms with Crippen molar-refractivity contribution in [3.63, 3.8) is 0 Å². The fraction of sp³-hybridized carbons (Fsp3) is 0.667. The summed E-state index contributed by atoms with van der Waals surface area (Å²) in [6.45, 7) is -0.625. The van der Waals surface area contributed by atoms with E-state index < -0.39 is 19.7 Å². The zero-order valence-corrected chi connectivity index (χ0v) is 9.34. The highest BCUT2D eigenvalue weighted by molar-refractivity contribution is 7.76. The quantitative estimate of drug-likeness (QED) is 0.509. The fourth-order valence-corrected chi connectivity index (χ4v) is 1.14. The van der Waals surface area contributed by atoms with E-state index in [9.17, 15) is 9.59 Å².